The third-order valence-corrected chi connectivity index (χ3v) is 4.28. The predicted octanol–water partition coefficient (Wildman–Crippen LogP) is 4.40. The SMILES string of the molecule is Cc1ccc(SCCCC(C)(C)O)cc1Br. The molecule has 1 N–H and O–H groups in total. The summed E-state index contributed by atoms with van der Waals surface area (Å²) < 4.78 is 1.17. The lowest BCUT2D eigenvalue weighted by Gasteiger charge is -2.16. The van der Waals surface area contributed by atoms with Gasteiger partial charge in [0.25, 0.3) is 0 Å². The van der Waals surface area contributed by atoms with Crippen LogP contribution in [-0.4, -0.2) is 16.5 Å². The van der Waals surface area contributed by atoms with Gasteiger partial charge in [-0.15, -0.1) is 11.8 Å². The zero-order valence-electron chi connectivity index (χ0n) is 10.1. The summed E-state index contributed by atoms with van der Waals surface area (Å²) in [4.78, 5) is 1.29. The van der Waals surface area contributed by atoms with Crippen LogP contribution in [0.25, 0.3) is 0 Å². The predicted molar refractivity (Wildman–Crippen MR) is 75.1 cm³/mol. The van der Waals surface area contributed by atoms with Crippen LogP contribution in [-0.2, 0) is 0 Å². The molecule has 0 amide bonds. The Morgan fingerprint density at radius 3 is 2.62 bits per heavy atom. The maximum Gasteiger partial charge on any atom is 0.0592 e. The second kappa shape index (κ2) is 6.08. The number of benzene rings is 1. The van der Waals surface area contributed by atoms with Crippen molar-refractivity contribution in [2.75, 3.05) is 5.75 Å². The molecule has 1 aromatic carbocycles. The Balaban J connectivity index is 2.35. The van der Waals surface area contributed by atoms with Gasteiger partial charge in [-0.1, -0.05) is 22.0 Å². The summed E-state index contributed by atoms with van der Waals surface area (Å²) in [5.74, 6) is 1.06. The minimum Gasteiger partial charge on any atom is -0.390 e. The molecule has 1 aromatic rings. The van der Waals surface area contributed by atoms with E-state index in [-0.39, 0.29) is 0 Å². The van der Waals surface area contributed by atoms with E-state index in [0.29, 0.717) is 0 Å². The van der Waals surface area contributed by atoms with Crippen LogP contribution in [0.4, 0.5) is 0 Å². The van der Waals surface area contributed by atoms with E-state index in [1.165, 1.54) is 14.9 Å². The summed E-state index contributed by atoms with van der Waals surface area (Å²) >= 11 is 5.38. The molecule has 0 radical (unpaired) electrons. The number of rotatable bonds is 5. The van der Waals surface area contributed by atoms with Gasteiger partial charge in [0.15, 0.2) is 0 Å². The van der Waals surface area contributed by atoms with Crippen molar-refractivity contribution in [1.82, 2.24) is 0 Å². The number of aliphatic hydroxyl groups is 1. The lowest BCUT2D eigenvalue weighted by molar-refractivity contribution is 0.0706. The molecule has 0 bridgehead atoms. The highest BCUT2D eigenvalue weighted by Crippen LogP contribution is 2.26. The summed E-state index contributed by atoms with van der Waals surface area (Å²) in [6.45, 7) is 5.81. The van der Waals surface area contributed by atoms with Gasteiger partial charge < -0.3 is 5.11 Å². The maximum absolute atomic E-state index is 9.58. The number of halogens is 1. The minimum atomic E-state index is -0.533. The van der Waals surface area contributed by atoms with E-state index in [9.17, 15) is 5.11 Å². The first kappa shape index (κ1) is 14.1. The Hall–Kier alpha value is 0.01000. The zero-order valence-corrected chi connectivity index (χ0v) is 12.5. The topological polar surface area (TPSA) is 20.2 Å². The van der Waals surface area contributed by atoms with Crippen molar-refractivity contribution in [3.05, 3.63) is 28.2 Å². The third-order valence-electron chi connectivity index (χ3n) is 2.34. The fourth-order valence-corrected chi connectivity index (χ4v) is 2.78. The number of hydrogen-bond acceptors (Lipinski definition) is 2. The molecule has 0 fully saturated rings. The van der Waals surface area contributed by atoms with Crippen LogP contribution in [0.5, 0.6) is 0 Å². The van der Waals surface area contributed by atoms with Gasteiger partial charge in [-0.05, 0) is 57.1 Å². The van der Waals surface area contributed by atoms with Crippen LogP contribution < -0.4 is 0 Å². The van der Waals surface area contributed by atoms with Gasteiger partial charge >= 0.3 is 0 Å². The molecule has 90 valence electrons. The Kier molecular flexibility index (Phi) is 5.35. The summed E-state index contributed by atoms with van der Waals surface area (Å²) in [5, 5.41) is 9.58. The molecule has 0 aliphatic rings. The van der Waals surface area contributed by atoms with Gasteiger partial charge in [0.2, 0.25) is 0 Å². The summed E-state index contributed by atoms with van der Waals surface area (Å²) in [6, 6.07) is 6.43. The van der Waals surface area contributed by atoms with Crippen molar-refractivity contribution >= 4 is 27.7 Å². The van der Waals surface area contributed by atoms with E-state index in [4.69, 9.17) is 0 Å². The van der Waals surface area contributed by atoms with Crippen LogP contribution in [0.1, 0.15) is 32.3 Å². The molecule has 3 heteroatoms. The lowest BCUT2D eigenvalue weighted by atomic mass is 10.0. The van der Waals surface area contributed by atoms with Gasteiger partial charge in [-0.25, -0.2) is 0 Å². The van der Waals surface area contributed by atoms with E-state index >= 15 is 0 Å². The quantitative estimate of drug-likeness (QED) is 0.642. The average Bonchev–Trinajstić information content (AvgIpc) is 2.17. The Morgan fingerprint density at radius 2 is 2.06 bits per heavy atom. The van der Waals surface area contributed by atoms with Crippen molar-refractivity contribution in [2.45, 2.75) is 44.1 Å². The van der Waals surface area contributed by atoms with Gasteiger partial charge in [0, 0.05) is 9.37 Å². The molecule has 0 spiro atoms. The highest BCUT2D eigenvalue weighted by atomic mass is 79.9. The number of hydrogen-bond donors (Lipinski definition) is 1. The molecule has 0 saturated carbocycles. The van der Waals surface area contributed by atoms with Gasteiger partial charge in [0.1, 0.15) is 0 Å². The van der Waals surface area contributed by atoms with Gasteiger partial charge in [-0.2, -0.15) is 0 Å². The fourth-order valence-electron chi connectivity index (χ4n) is 1.36. The Morgan fingerprint density at radius 1 is 1.38 bits per heavy atom. The molecule has 1 rings (SSSR count). The monoisotopic (exact) mass is 302 g/mol. The minimum absolute atomic E-state index is 0.533. The fraction of sp³-hybridized carbons (Fsp3) is 0.538. The highest BCUT2D eigenvalue weighted by molar-refractivity contribution is 9.10. The molecule has 0 aliphatic heterocycles. The molecular weight excluding hydrogens is 284 g/mol. The van der Waals surface area contributed by atoms with Gasteiger partial charge in [-0.3, -0.25) is 0 Å². The second-order valence-corrected chi connectivity index (χ2v) is 6.70. The highest BCUT2D eigenvalue weighted by Gasteiger charge is 2.11. The van der Waals surface area contributed by atoms with E-state index in [0.717, 1.165) is 18.6 Å². The van der Waals surface area contributed by atoms with Crippen LogP contribution in [0.15, 0.2) is 27.6 Å². The largest absolute Gasteiger partial charge is 0.390 e. The van der Waals surface area contributed by atoms with Crippen LogP contribution in [0.3, 0.4) is 0 Å². The molecule has 0 heterocycles. The first-order valence-corrected chi connectivity index (χ1v) is 7.28. The van der Waals surface area contributed by atoms with Crippen molar-refractivity contribution in [2.24, 2.45) is 0 Å². The maximum atomic E-state index is 9.58. The Bertz CT molecular complexity index is 344. The molecule has 0 aromatic heterocycles. The smallest absolute Gasteiger partial charge is 0.0592 e. The zero-order chi connectivity index (χ0) is 12.2. The van der Waals surface area contributed by atoms with E-state index in [2.05, 4.69) is 41.1 Å². The first-order chi connectivity index (χ1) is 7.38. The molecule has 0 saturated heterocycles. The normalized spacial score (nSPS) is 11.8. The summed E-state index contributed by atoms with van der Waals surface area (Å²) in [5.41, 5.74) is 0.731. The van der Waals surface area contributed by atoms with Crippen LogP contribution in [0, 0.1) is 6.92 Å². The summed E-state index contributed by atoms with van der Waals surface area (Å²) in [6.07, 6.45) is 1.90. The number of thioether (sulfide) groups is 1. The standard InChI is InChI=1S/C13H19BrOS/c1-10-5-6-11(9-12(10)14)16-8-4-7-13(2,3)15/h5-6,9,15H,4,7-8H2,1-3H3. The number of aryl methyl sites for hydroxylation is 1. The lowest BCUT2D eigenvalue weighted by Crippen LogP contribution is -2.18. The summed E-state index contributed by atoms with van der Waals surface area (Å²) in [7, 11) is 0. The van der Waals surface area contributed by atoms with Crippen LogP contribution >= 0.6 is 27.7 Å². The van der Waals surface area contributed by atoms with E-state index in [1.54, 1.807) is 0 Å². The third kappa shape index (κ3) is 5.37. The van der Waals surface area contributed by atoms with Crippen molar-refractivity contribution in [3.8, 4) is 0 Å². The van der Waals surface area contributed by atoms with Crippen molar-refractivity contribution in [3.63, 3.8) is 0 Å². The molecule has 1 nitrogen and oxygen atoms in total. The van der Waals surface area contributed by atoms with E-state index < -0.39 is 5.60 Å². The second-order valence-electron chi connectivity index (χ2n) is 4.68. The van der Waals surface area contributed by atoms with E-state index in [1.807, 2.05) is 25.6 Å². The average molecular weight is 303 g/mol. The first-order valence-electron chi connectivity index (χ1n) is 5.50. The van der Waals surface area contributed by atoms with Crippen molar-refractivity contribution < 1.29 is 5.11 Å². The Labute approximate surface area is 111 Å². The molecule has 0 aliphatic carbocycles. The van der Waals surface area contributed by atoms with Crippen molar-refractivity contribution in [1.29, 1.82) is 0 Å². The molecule has 0 atom stereocenters. The molecular formula is C13H19BrOS. The molecule has 0 unspecified atom stereocenters. The molecule has 16 heavy (non-hydrogen) atoms. The van der Waals surface area contributed by atoms with Gasteiger partial charge in [0.05, 0.1) is 5.60 Å². The van der Waals surface area contributed by atoms with Crippen LogP contribution in [0.2, 0.25) is 0 Å².